The first-order valence-corrected chi connectivity index (χ1v) is 12.3. The number of rotatable bonds is 0. The van der Waals surface area contributed by atoms with E-state index in [2.05, 4.69) is 68.7 Å². The van der Waals surface area contributed by atoms with E-state index >= 15 is 0 Å². The van der Waals surface area contributed by atoms with E-state index in [4.69, 9.17) is 4.99 Å². The molecule has 0 bridgehead atoms. The van der Waals surface area contributed by atoms with E-state index in [1.54, 1.807) is 41.3 Å². The van der Waals surface area contributed by atoms with E-state index in [1.165, 1.54) is 26.5 Å². The summed E-state index contributed by atoms with van der Waals surface area (Å²) in [7, 11) is 0. The highest BCUT2D eigenvalue weighted by Gasteiger charge is 2.14. The molecule has 0 amide bonds. The average Bonchev–Trinajstić information content (AvgIpc) is 2.81. The van der Waals surface area contributed by atoms with Gasteiger partial charge in [-0.3, -0.25) is 4.79 Å². The fourth-order valence-corrected chi connectivity index (χ4v) is 6.05. The number of fused-ring (bicyclic) bond motifs is 4. The Kier molecular flexibility index (Phi) is 5.60. The maximum atomic E-state index is 11.3. The largest absolute Gasteiger partial charge is 0.290 e. The zero-order valence-electron chi connectivity index (χ0n) is 18.7. The fourth-order valence-electron chi connectivity index (χ4n) is 3.78. The zero-order chi connectivity index (χ0) is 23.1. The first-order valence-electron chi connectivity index (χ1n) is 10.6. The van der Waals surface area contributed by atoms with E-state index < -0.39 is 0 Å². The molecule has 2 aliphatic heterocycles. The standard InChI is InChI=1S/C15H13NS.C13H9NOS/c1-9-8-10(2)14-15(11(9)3)17-13-7-5-4-6-12(13)16-14;1-8-2-4-10-12(6-8)16-13-7-9(15)3-5-11(13)14-10/h4-8H,1H2,2-3H3;2-7H,1H3. The number of nitrogens with zero attached hydrogens (tertiary/aromatic N) is 2. The molecular weight excluding hydrogens is 444 g/mol. The van der Waals surface area contributed by atoms with Crippen LogP contribution in [0.3, 0.4) is 0 Å². The van der Waals surface area contributed by atoms with Gasteiger partial charge in [0.05, 0.1) is 31.8 Å². The van der Waals surface area contributed by atoms with Crippen LogP contribution in [0.25, 0.3) is 27.4 Å². The average molecular weight is 467 g/mol. The molecule has 5 heteroatoms. The number of benzene rings is 4. The molecule has 3 aliphatic rings. The lowest BCUT2D eigenvalue weighted by Crippen LogP contribution is -2.20. The molecule has 6 rings (SSSR count). The van der Waals surface area contributed by atoms with Crippen molar-refractivity contribution in [3.8, 4) is 10.6 Å². The van der Waals surface area contributed by atoms with Crippen molar-refractivity contribution in [3.63, 3.8) is 0 Å². The van der Waals surface area contributed by atoms with Gasteiger partial charge in [0.15, 0.2) is 5.43 Å². The van der Waals surface area contributed by atoms with Crippen molar-refractivity contribution in [2.24, 2.45) is 4.99 Å². The summed E-state index contributed by atoms with van der Waals surface area (Å²) in [5, 5.41) is 2.21. The maximum Gasteiger partial charge on any atom is 0.180 e. The van der Waals surface area contributed by atoms with E-state index in [1.807, 2.05) is 12.1 Å². The Morgan fingerprint density at radius 2 is 1.73 bits per heavy atom. The van der Waals surface area contributed by atoms with Gasteiger partial charge in [-0.05, 0) is 79.1 Å². The van der Waals surface area contributed by atoms with Gasteiger partial charge in [0.25, 0.3) is 0 Å². The van der Waals surface area contributed by atoms with Crippen LogP contribution in [-0.2, 0) is 0 Å². The van der Waals surface area contributed by atoms with Gasteiger partial charge in [0, 0.05) is 15.9 Å². The van der Waals surface area contributed by atoms with Gasteiger partial charge in [0.1, 0.15) is 0 Å². The van der Waals surface area contributed by atoms with Gasteiger partial charge in [-0.1, -0.05) is 42.6 Å². The lowest BCUT2D eigenvalue weighted by molar-refractivity contribution is 1.08. The second kappa shape index (κ2) is 8.58. The van der Waals surface area contributed by atoms with Crippen molar-refractivity contribution >= 4 is 45.6 Å². The summed E-state index contributed by atoms with van der Waals surface area (Å²) < 4.78 is 1.12. The van der Waals surface area contributed by atoms with Gasteiger partial charge in [-0.15, -0.1) is 11.3 Å². The molecule has 3 aromatic carbocycles. The SMILES string of the molecule is C=c1cc(C)c2c(c1C)Sc1ccccc1N=2.Cc1ccc2nc3ccc(=O)cc-3sc2c1. The van der Waals surface area contributed by atoms with Crippen molar-refractivity contribution in [3.05, 3.63) is 104 Å². The van der Waals surface area contributed by atoms with Gasteiger partial charge in [-0.25, -0.2) is 9.98 Å². The van der Waals surface area contributed by atoms with Crippen LogP contribution in [-0.4, -0.2) is 4.98 Å². The predicted molar refractivity (Wildman–Crippen MR) is 140 cm³/mol. The summed E-state index contributed by atoms with van der Waals surface area (Å²) >= 11 is 3.42. The van der Waals surface area contributed by atoms with Crippen LogP contribution in [0.5, 0.6) is 0 Å². The van der Waals surface area contributed by atoms with Gasteiger partial charge in [-0.2, -0.15) is 0 Å². The molecular formula is C28H22N2OS2. The molecule has 0 unspecified atom stereocenters. The van der Waals surface area contributed by atoms with Crippen molar-refractivity contribution in [2.75, 3.05) is 0 Å². The smallest absolute Gasteiger partial charge is 0.180 e. The molecule has 162 valence electrons. The highest BCUT2D eigenvalue weighted by atomic mass is 32.2. The normalized spacial score (nSPS) is 11.8. The lowest BCUT2D eigenvalue weighted by atomic mass is 10.1. The molecule has 3 nitrogen and oxygen atoms in total. The third-order valence-electron chi connectivity index (χ3n) is 5.62. The highest BCUT2D eigenvalue weighted by molar-refractivity contribution is 7.99. The second-order valence-electron chi connectivity index (χ2n) is 8.15. The Morgan fingerprint density at radius 3 is 2.58 bits per heavy atom. The van der Waals surface area contributed by atoms with Gasteiger partial charge in [0.2, 0.25) is 0 Å². The Hall–Kier alpha value is -3.28. The molecule has 0 atom stereocenters. The third-order valence-corrected chi connectivity index (χ3v) is 7.98. The number of hydrogen-bond donors (Lipinski definition) is 0. The third kappa shape index (κ3) is 4.22. The van der Waals surface area contributed by atoms with Crippen molar-refractivity contribution in [2.45, 2.75) is 30.6 Å². The Balaban J connectivity index is 0.000000139. The Morgan fingerprint density at radius 1 is 0.909 bits per heavy atom. The summed E-state index contributed by atoms with van der Waals surface area (Å²) in [6, 6.07) is 21.6. The summed E-state index contributed by atoms with van der Waals surface area (Å²) in [6.07, 6.45) is 0. The van der Waals surface area contributed by atoms with Crippen molar-refractivity contribution < 1.29 is 0 Å². The zero-order valence-corrected chi connectivity index (χ0v) is 20.3. The minimum absolute atomic E-state index is 0.0394. The molecule has 0 N–H and O–H groups in total. The predicted octanol–water partition coefficient (Wildman–Crippen LogP) is 6.20. The number of aromatic nitrogens is 1. The fraction of sp³-hybridized carbons (Fsp3) is 0.107. The first-order chi connectivity index (χ1) is 15.9. The molecule has 0 spiro atoms. The minimum atomic E-state index is 0.0394. The number of hydrogen-bond acceptors (Lipinski definition) is 5. The van der Waals surface area contributed by atoms with Crippen LogP contribution in [0.2, 0.25) is 0 Å². The summed E-state index contributed by atoms with van der Waals surface area (Å²) in [5.74, 6) is 0. The monoisotopic (exact) mass is 466 g/mol. The molecule has 2 heterocycles. The van der Waals surface area contributed by atoms with Crippen LogP contribution in [0, 0.1) is 20.8 Å². The number of para-hydroxylation sites is 1. The second-order valence-corrected chi connectivity index (χ2v) is 10.3. The number of aryl methyl sites for hydroxylation is 2. The topological polar surface area (TPSA) is 42.3 Å². The molecule has 0 saturated carbocycles. The quantitative estimate of drug-likeness (QED) is 0.250. The van der Waals surface area contributed by atoms with Crippen LogP contribution < -0.4 is 16.0 Å². The van der Waals surface area contributed by atoms with Crippen LogP contribution >= 0.6 is 23.1 Å². The lowest BCUT2D eigenvalue weighted by Gasteiger charge is -2.15. The maximum absolute atomic E-state index is 11.3. The first kappa shape index (κ1) is 21.6. The van der Waals surface area contributed by atoms with Crippen LogP contribution in [0.1, 0.15) is 16.7 Å². The molecule has 0 radical (unpaired) electrons. The molecule has 33 heavy (non-hydrogen) atoms. The molecule has 0 aromatic heterocycles. The van der Waals surface area contributed by atoms with Crippen LogP contribution in [0.15, 0.2) is 86.3 Å². The summed E-state index contributed by atoms with van der Waals surface area (Å²) in [6.45, 7) is 10.4. The molecule has 1 aliphatic carbocycles. The summed E-state index contributed by atoms with van der Waals surface area (Å²) in [5.41, 5.74) is 6.65. The Labute approximate surface area is 200 Å². The van der Waals surface area contributed by atoms with E-state index in [-0.39, 0.29) is 5.43 Å². The van der Waals surface area contributed by atoms with E-state index in [0.29, 0.717) is 0 Å². The van der Waals surface area contributed by atoms with Crippen molar-refractivity contribution in [1.29, 1.82) is 0 Å². The van der Waals surface area contributed by atoms with Crippen molar-refractivity contribution in [1.82, 2.24) is 4.98 Å². The van der Waals surface area contributed by atoms with Gasteiger partial charge < -0.3 is 0 Å². The minimum Gasteiger partial charge on any atom is -0.290 e. The van der Waals surface area contributed by atoms with Crippen LogP contribution in [0.4, 0.5) is 5.69 Å². The molecule has 0 saturated heterocycles. The molecule has 0 fully saturated rings. The highest BCUT2D eigenvalue weighted by Crippen LogP contribution is 2.37. The van der Waals surface area contributed by atoms with Gasteiger partial charge >= 0.3 is 0 Å². The Bertz CT molecular complexity index is 1670. The van der Waals surface area contributed by atoms with E-state index in [0.717, 1.165) is 37.1 Å². The summed E-state index contributed by atoms with van der Waals surface area (Å²) in [4.78, 5) is 24.0. The van der Waals surface area contributed by atoms with E-state index in [9.17, 15) is 4.79 Å². The molecule has 3 aromatic rings.